The van der Waals surface area contributed by atoms with Gasteiger partial charge in [0.25, 0.3) is 11.8 Å². The second kappa shape index (κ2) is 7.36. The monoisotopic (exact) mass is 393 g/mol. The van der Waals surface area contributed by atoms with Crippen LogP contribution in [0.4, 0.5) is 0 Å². The molecule has 0 saturated carbocycles. The smallest absolute Gasteiger partial charge is 0.272 e. The number of hydrogen-bond donors (Lipinski definition) is 3. The highest BCUT2D eigenvalue weighted by molar-refractivity contribution is 5.98. The highest BCUT2D eigenvalue weighted by Crippen LogP contribution is 2.23. The van der Waals surface area contributed by atoms with Gasteiger partial charge in [-0.05, 0) is 18.6 Å². The second-order valence-electron chi connectivity index (χ2n) is 7.72. The highest BCUT2D eigenvalue weighted by atomic mass is 16.5. The first-order valence-corrected chi connectivity index (χ1v) is 9.98. The van der Waals surface area contributed by atoms with E-state index in [0.29, 0.717) is 50.0 Å². The van der Waals surface area contributed by atoms with E-state index in [4.69, 9.17) is 4.74 Å². The van der Waals surface area contributed by atoms with Crippen LogP contribution in [0.2, 0.25) is 0 Å². The number of nitrogens with one attached hydrogen (secondary N) is 3. The Labute approximate surface area is 167 Å². The fourth-order valence-electron chi connectivity index (χ4n) is 4.08. The number of fused-ring (bicyclic) bond motifs is 2. The molecular weight excluding hydrogens is 370 g/mol. The first-order valence-electron chi connectivity index (χ1n) is 9.98. The molecule has 1 fully saturated rings. The maximum atomic E-state index is 13.0. The van der Waals surface area contributed by atoms with Crippen molar-refractivity contribution in [3.05, 3.63) is 53.0 Å². The van der Waals surface area contributed by atoms with E-state index in [2.05, 4.69) is 20.5 Å². The van der Waals surface area contributed by atoms with Crippen molar-refractivity contribution in [2.24, 2.45) is 5.92 Å². The fourth-order valence-corrected chi connectivity index (χ4v) is 4.08. The molecular formula is C21H23N5O3. The molecule has 0 spiro atoms. The van der Waals surface area contributed by atoms with E-state index in [1.54, 1.807) is 4.90 Å². The number of hydrogen-bond acceptors (Lipinski definition) is 4. The van der Waals surface area contributed by atoms with Crippen LogP contribution < -0.4 is 5.32 Å². The standard InChI is InChI=1S/C21H23N5O3/c27-20(22-10-13-6-8-29-12-13)19-15-11-26(7-5-17(15)24-25-19)21(28)18-9-14-3-1-2-4-16(14)23-18/h1-4,9,13,23H,5-8,10-12H2,(H,22,27)(H,24,25). The van der Waals surface area contributed by atoms with E-state index in [1.807, 2.05) is 30.3 Å². The normalized spacial score (nSPS) is 18.8. The average molecular weight is 393 g/mol. The van der Waals surface area contributed by atoms with Gasteiger partial charge in [-0.25, -0.2) is 0 Å². The Balaban J connectivity index is 1.31. The van der Waals surface area contributed by atoms with Crippen LogP contribution in [0.15, 0.2) is 30.3 Å². The van der Waals surface area contributed by atoms with E-state index in [-0.39, 0.29) is 11.8 Å². The first kappa shape index (κ1) is 17.9. The van der Waals surface area contributed by atoms with Gasteiger partial charge in [-0.3, -0.25) is 14.7 Å². The van der Waals surface area contributed by atoms with E-state index in [1.165, 1.54) is 0 Å². The number of nitrogens with zero attached hydrogens (tertiary/aromatic N) is 2. The van der Waals surface area contributed by atoms with Gasteiger partial charge in [0, 0.05) is 54.2 Å². The molecule has 29 heavy (non-hydrogen) atoms. The van der Waals surface area contributed by atoms with Crippen molar-refractivity contribution < 1.29 is 14.3 Å². The Bertz CT molecular complexity index is 1030. The zero-order valence-corrected chi connectivity index (χ0v) is 16.0. The molecule has 8 heteroatoms. The Kier molecular flexibility index (Phi) is 4.55. The molecule has 1 saturated heterocycles. The van der Waals surface area contributed by atoms with Crippen LogP contribution in [0.5, 0.6) is 0 Å². The van der Waals surface area contributed by atoms with Crippen molar-refractivity contribution >= 4 is 22.7 Å². The molecule has 0 bridgehead atoms. The van der Waals surface area contributed by atoms with Gasteiger partial charge in [0.2, 0.25) is 0 Å². The molecule has 8 nitrogen and oxygen atoms in total. The summed E-state index contributed by atoms with van der Waals surface area (Å²) in [6.45, 7) is 2.98. The molecule has 1 aromatic carbocycles. The Hall–Kier alpha value is -3.13. The van der Waals surface area contributed by atoms with E-state index in [0.717, 1.165) is 35.2 Å². The van der Waals surface area contributed by atoms with Crippen LogP contribution in [0.3, 0.4) is 0 Å². The number of rotatable bonds is 4. The lowest BCUT2D eigenvalue weighted by Gasteiger charge is -2.26. The summed E-state index contributed by atoms with van der Waals surface area (Å²) in [7, 11) is 0. The van der Waals surface area contributed by atoms with Gasteiger partial charge in [-0.15, -0.1) is 0 Å². The number of amides is 2. The topological polar surface area (TPSA) is 103 Å². The van der Waals surface area contributed by atoms with Gasteiger partial charge >= 0.3 is 0 Å². The molecule has 0 radical (unpaired) electrons. The maximum absolute atomic E-state index is 13.0. The van der Waals surface area contributed by atoms with E-state index >= 15 is 0 Å². The first-order chi connectivity index (χ1) is 14.2. The number of carbonyl (C=O) groups excluding carboxylic acids is 2. The molecule has 2 aromatic heterocycles. The molecule has 2 aliphatic heterocycles. The number of H-pyrrole nitrogens is 2. The molecule has 5 rings (SSSR count). The van der Waals surface area contributed by atoms with E-state index in [9.17, 15) is 9.59 Å². The largest absolute Gasteiger partial charge is 0.381 e. The van der Waals surface area contributed by atoms with Crippen molar-refractivity contribution in [2.75, 3.05) is 26.3 Å². The van der Waals surface area contributed by atoms with Crippen molar-refractivity contribution in [3.8, 4) is 0 Å². The zero-order chi connectivity index (χ0) is 19.8. The second-order valence-corrected chi connectivity index (χ2v) is 7.72. The van der Waals surface area contributed by atoms with Crippen molar-refractivity contribution in [2.45, 2.75) is 19.4 Å². The summed E-state index contributed by atoms with van der Waals surface area (Å²) in [6, 6.07) is 9.69. The summed E-state index contributed by atoms with van der Waals surface area (Å²) in [5.74, 6) is 0.0885. The van der Waals surface area contributed by atoms with Crippen molar-refractivity contribution in [3.63, 3.8) is 0 Å². The minimum Gasteiger partial charge on any atom is -0.381 e. The lowest BCUT2D eigenvalue weighted by atomic mass is 10.0. The molecule has 1 unspecified atom stereocenters. The Morgan fingerprint density at radius 3 is 3.03 bits per heavy atom. The predicted molar refractivity (Wildman–Crippen MR) is 107 cm³/mol. The fraction of sp³-hybridized carbons (Fsp3) is 0.381. The summed E-state index contributed by atoms with van der Waals surface area (Å²) < 4.78 is 5.35. The quantitative estimate of drug-likeness (QED) is 0.629. The number of benzene rings is 1. The van der Waals surface area contributed by atoms with Crippen LogP contribution in [0.25, 0.3) is 10.9 Å². The molecule has 4 heterocycles. The van der Waals surface area contributed by atoms with Crippen LogP contribution in [0, 0.1) is 5.92 Å². The minimum absolute atomic E-state index is 0.0671. The van der Waals surface area contributed by atoms with Gasteiger partial charge in [-0.2, -0.15) is 5.10 Å². The van der Waals surface area contributed by atoms with Crippen LogP contribution in [0.1, 0.15) is 38.7 Å². The maximum Gasteiger partial charge on any atom is 0.272 e. The average Bonchev–Trinajstić information content (AvgIpc) is 3.50. The highest BCUT2D eigenvalue weighted by Gasteiger charge is 2.29. The Morgan fingerprint density at radius 2 is 2.21 bits per heavy atom. The zero-order valence-electron chi connectivity index (χ0n) is 16.0. The SMILES string of the molecule is O=C(NCC1CCOC1)c1n[nH]c2c1CN(C(=O)c1cc3ccccc3[nH]1)CC2. The van der Waals surface area contributed by atoms with E-state index < -0.39 is 0 Å². The van der Waals surface area contributed by atoms with Crippen LogP contribution in [-0.2, 0) is 17.7 Å². The number of para-hydroxylation sites is 1. The van der Waals surface area contributed by atoms with Crippen LogP contribution in [-0.4, -0.2) is 58.2 Å². The van der Waals surface area contributed by atoms with Crippen molar-refractivity contribution in [1.82, 2.24) is 25.4 Å². The lowest BCUT2D eigenvalue weighted by Crippen LogP contribution is -2.37. The third-order valence-corrected chi connectivity index (χ3v) is 5.77. The molecule has 150 valence electrons. The molecule has 2 aliphatic rings. The summed E-state index contributed by atoms with van der Waals surface area (Å²) in [4.78, 5) is 30.6. The molecule has 0 aliphatic carbocycles. The third-order valence-electron chi connectivity index (χ3n) is 5.77. The lowest BCUT2D eigenvalue weighted by molar-refractivity contribution is 0.0726. The van der Waals surface area contributed by atoms with Gasteiger partial charge in [0.05, 0.1) is 13.2 Å². The Morgan fingerprint density at radius 1 is 1.31 bits per heavy atom. The van der Waals surface area contributed by atoms with Gasteiger partial charge in [0.15, 0.2) is 5.69 Å². The molecule has 3 aromatic rings. The molecule has 2 amide bonds. The third kappa shape index (κ3) is 3.40. The summed E-state index contributed by atoms with van der Waals surface area (Å²) in [5, 5.41) is 11.2. The van der Waals surface area contributed by atoms with Gasteiger partial charge in [0.1, 0.15) is 5.69 Å². The van der Waals surface area contributed by atoms with Crippen molar-refractivity contribution in [1.29, 1.82) is 0 Å². The minimum atomic E-state index is -0.200. The summed E-state index contributed by atoms with van der Waals surface area (Å²) in [6.07, 6.45) is 1.61. The number of aromatic nitrogens is 3. The predicted octanol–water partition coefficient (Wildman–Crippen LogP) is 1.86. The number of ether oxygens (including phenoxy) is 1. The number of carbonyl (C=O) groups is 2. The summed E-state index contributed by atoms with van der Waals surface area (Å²) >= 11 is 0. The van der Waals surface area contributed by atoms with Gasteiger partial charge < -0.3 is 19.9 Å². The summed E-state index contributed by atoms with van der Waals surface area (Å²) in [5.41, 5.74) is 3.62. The van der Waals surface area contributed by atoms with Gasteiger partial charge in [-0.1, -0.05) is 18.2 Å². The molecule has 1 atom stereocenters. The van der Waals surface area contributed by atoms with Crippen LogP contribution >= 0.6 is 0 Å². The number of aromatic amines is 2. The molecule has 3 N–H and O–H groups in total.